The van der Waals surface area contributed by atoms with Crippen molar-refractivity contribution in [3.8, 4) is 0 Å². The number of hydrogen-bond acceptors (Lipinski definition) is 2. The van der Waals surface area contributed by atoms with E-state index in [0.29, 0.717) is 6.54 Å². The zero-order chi connectivity index (χ0) is 16.2. The van der Waals surface area contributed by atoms with Crippen LogP contribution in [0.2, 0.25) is 0 Å². The molecule has 2 rings (SSSR count). The van der Waals surface area contributed by atoms with Crippen molar-refractivity contribution in [2.45, 2.75) is 39.2 Å². The van der Waals surface area contributed by atoms with Crippen molar-refractivity contribution in [1.29, 1.82) is 0 Å². The van der Waals surface area contributed by atoms with Gasteiger partial charge in [-0.2, -0.15) is 0 Å². The van der Waals surface area contributed by atoms with E-state index < -0.39 is 0 Å². The number of likely N-dealkylation sites (tertiary alicyclic amines) is 1. The number of carbonyl (C=O) groups excluding carboxylic acids is 1. The van der Waals surface area contributed by atoms with E-state index in [1.165, 1.54) is 12.1 Å². The van der Waals surface area contributed by atoms with Crippen LogP contribution in [0, 0.1) is 11.2 Å². The molecule has 1 atom stereocenters. The molecule has 22 heavy (non-hydrogen) atoms. The lowest BCUT2D eigenvalue weighted by molar-refractivity contribution is 0.114. The Morgan fingerprint density at radius 1 is 1.41 bits per heavy atom. The lowest BCUT2D eigenvalue weighted by Crippen LogP contribution is -2.50. The molecule has 0 bridgehead atoms. The topological polar surface area (TPSA) is 52.6 Å². The van der Waals surface area contributed by atoms with E-state index in [0.717, 1.165) is 31.4 Å². The van der Waals surface area contributed by atoms with Gasteiger partial charge in [0.15, 0.2) is 0 Å². The normalized spacial score (nSPS) is 18.0. The molecule has 1 fully saturated rings. The molecule has 1 aliphatic heterocycles. The highest BCUT2D eigenvalue weighted by atomic mass is 19.1. The first kappa shape index (κ1) is 16.7. The molecule has 0 aliphatic carbocycles. The molecule has 5 heteroatoms. The van der Waals surface area contributed by atoms with Crippen LogP contribution in [-0.2, 0) is 0 Å². The minimum Gasteiger partial charge on any atom is -0.396 e. The number of aliphatic hydroxyl groups is 1. The summed E-state index contributed by atoms with van der Waals surface area (Å²) >= 11 is 0. The van der Waals surface area contributed by atoms with Gasteiger partial charge >= 0.3 is 6.03 Å². The van der Waals surface area contributed by atoms with E-state index in [-0.39, 0.29) is 29.9 Å². The van der Waals surface area contributed by atoms with Gasteiger partial charge in [0.1, 0.15) is 5.82 Å². The number of nitrogens with one attached hydrogen (secondary N) is 1. The zero-order valence-corrected chi connectivity index (χ0v) is 13.3. The van der Waals surface area contributed by atoms with E-state index in [4.69, 9.17) is 0 Å². The first-order valence-electron chi connectivity index (χ1n) is 7.84. The van der Waals surface area contributed by atoms with Crippen molar-refractivity contribution in [3.05, 3.63) is 35.6 Å². The van der Waals surface area contributed by atoms with Crippen LogP contribution < -0.4 is 5.32 Å². The second-order valence-electron chi connectivity index (χ2n) is 6.71. The minimum absolute atomic E-state index is 0.0504. The van der Waals surface area contributed by atoms with Crippen molar-refractivity contribution in [3.63, 3.8) is 0 Å². The number of carbonyl (C=O) groups is 1. The van der Waals surface area contributed by atoms with Gasteiger partial charge in [-0.15, -0.1) is 0 Å². The Balaban J connectivity index is 1.77. The summed E-state index contributed by atoms with van der Waals surface area (Å²) in [6.07, 6.45) is 2.62. The fourth-order valence-electron chi connectivity index (χ4n) is 2.60. The Kier molecular flexibility index (Phi) is 5.40. The van der Waals surface area contributed by atoms with E-state index in [1.54, 1.807) is 17.0 Å². The Morgan fingerprint density at radius 3 is 2.64 bits per heavy atom. The van der Waals surface area contributed by atoms with Gasteiger partial charge in [-0.05, 0) is 42.4 Å². The molecule has 1 aromatic rings. The van der Waals surface area contributed by atoms with Crippen LogP contribution in [0.25, 0.3) is 0 Å². The molecule has 0 radical (unpaired) electrons. The number of rotatable bonds is 6. The second kappa shape index (κ2) is 7.09. The number of hydrogen-bond donors (Lipinski definition) is 2. The van der Waals surface area contributed by atoms with Gasteiger partial charge in [0, 0.05) is 19.7 Å². The Labute approximate surface area is 131 Å². The minimum atomic E-state index is -0.259. The third-order valence-electron chi connectivity index (χ3n) is 4.27. The quantitative estimate of drug-likeness (QED) is 0.794. The molecule has 2 N–H and O–H groups in total. The number of benzene rings is 1. The lowest BCUT2D eigenvalue weighted by atomic mass is 9.89. The largest absolute Gasteiger partial charge is 0.396 e. The van der Waals surface area contributed by atoms with Gasteiger partial charge in [0.25, 0.3) is 0 Å². The predicted molar refractivity (Wildman–Crippen MR) is 84.0 cm³/mol. The number of nitrogens with zero attached hydrogens (tertiary/aromatic N) is 1. The SMILES string of the molecule is CC(C)(CO)CCCNC(=O)N1CC[C@@H]1c1ccc(F)cc1. The summed E-state index contributed by atoms with van der Waals surface area (Å²) in [5, 5.41) is 12.1. The first-order valence-corrected chi connectivity index (χ1v) is 7.84. The van der Waals surface area contributed by atoms with Gasteiger partial charge in [0.05, 0.1) is 6.04 Å². The molecule has 1 aromatic carbocycles. The van der Waals surface area contributed by atoms with Crippen LogP contribution in [0.3, 0.4) is 0 Å². The van der Waals surface area contributed by atoms with Crippen LogP contribution in [0.5, 0.6) is 0 Å². The Bertz CT molecular complexity index is 502. The molecule has 0 saturated carbocycles. The van der Waals surface area contributed by atoms with Crippen molar-refractivity contribution in [2.75, 3.05) is 19.7 Å². The molecule has 122 valence electrons. The number of urea groups is 1. The molecule has 2 amide bonds. The molecule has 4 nitrogen and oxygen atoms in total. The number of amides is 2. The summed E-state index contributed by atoms with van der Waals surface area (Å²) in [5.41, 5.74) is 0.877. The van der Waals surface area contributed by atoms with Gasteiger partial charge < -0.3 is 15.3 Å². The van der Waals surface area contributed by atoms with E-state index in [9.17, 15) is 14.3 Å². The smallest absolute Gasteiger partial charge is 0.317 e. The van der Waals surface area contributed by atoms with Crippen molar-refractivity contribution < 1.29 is 14.3 Å². The van der Waals surface area contributed by atoms with Crippen molar-refractivity contribution >= 4 is 6.03 Å². The van der Waals surface area contributed by atoms with Gasteiger partial charge in [0.2, 0.25) is 0 Å². The number of aliphatic hydroxyl groups excluding tert-OH is 1. The maximum Gasteiger partial charge on any atom is 0.317 e. The Morgan fingerprint density at radius 2 is 2.09 bits per heavy atom. The molecular weight excluding hydrogens is 283 g/mol. The molecule has 0 spiro atoms. The number of halogens is 1. The summed E-state index contributed by atoms with van der Waals surface area (Å²) in [6, 6.07) is 6.32. The summed E-state index contributed by atoms with van der Waals surface area (Å²) < 4.78 is 12.9. The van der Waals surface area contributed by atoms with Crippen molar-refractivity contribution in [1.82, 2.24) is 10.2 Å². The highest BCUT2D eigenvalue weighted by Crippen LogP contribution is 2.33. The molecule has 0 aromatic heterocycles. The highest BCUT2D eigenvalue weighted by molar-refractivity contribution is 5.75. The van der Waals surface area contributed by atoms with Gasteiger partial charge in [-0.1, -0.05) is 26.0 Å². The first-order chi connectivity index (χ1) is 10.4. The standard InChI is InChI=1S/C17H25FN2O2/c1-17(2,12-21)9-3-10-19-16(22)20-11-8-15(20)13-4-6-14(18)7-5-13/h4-7,15,21H,3,8-12H2,1-2H3,(H,19,22)/t15-/m1/s1. The third-order valence-corrected chi connectivity index (χ3v) is 4.27. The highest BCUT2D eigenvalue weighted by Gasteiger charge is 2.33. The molecule has 1 aliphatic rings. The summed E-state index contributed by atoms with van der Waals surface area (Å²) in [6.45, 7) is 5.51. The van der Waals surface area contributed by atoms with Crippen LogP contribution in [0.1, 0.15) is 44.7 Å². The van der Waals surface area contributed by atoms with E-state index >= 15 is 0 Å². The van der Waals surface area contributed by atoms with Gasteiger partial charge in [-0.3, -0.25) is 0 Å². The maximum absolute atomic E-state index is 12.9. The summed E-state index contributed by atoms with van der Waals surface area (Å²) in [7, 11) is 0. The fourth-order valence-corrected chi connectivity index (χ4v) is 2.60. The average molecular weight is 308 g/mol. The lowest BCUT2D eigenvalue weighted by Gasteiger charge is -2.41. The summed E-state index contributed by atoms with van der Waals surface area (Å²) in [4.78, 5) is 13.9. The van der Waals surface area contributed by atoms with Crippen LogP contribution >= 0.6 is 0 Å². The van der Waals surface area contributed by atoms with E-state index in [1.807, 2.05) is 13.8 Å². The Hall–Kier alpha value is -1.62. The molecule has 1 saturated heterocycles. The average Bonchev–Trinajstić information content (AvgIpc) is 2.45. The third kappa shape index (κ3) is 4.19. The summed E-state index contributed by atoms with van der Waals surface area (Å²) in [5.74, 6) is -0.259. The zero-order valence-electron chi connectivity index (χ0n) is 13.3. The molecule has 1 heterocycles. The second-order valence-corrected chi connectivity index (χ2v) is 6.71. The van der Waals surface area contributed by atoms with Gasteiger partial charge in [-0.25, -0.2) is 9.18 Å². The molecular formula is C17H25FN2O2. The van der Waals surface area contributed by atoms with Crippen LogP contribution in [-0.4, -0.2) is 35.7 Å². The fraction of sp³-hybridized carbons (Fsp3) is 0.588. The monoisotopic (exact) mass is 308 g/mol. The predicted octanol–water partition coefficient (Wildman–Crippen LogP) is 3.08. The maximum atomic E-state index is 12.9. The van der Waals surface area contributed by atoms with E-state index in [2.05, 4.69) is 5.32 Å². The van der Waals surface area contributed by atoms with Crippen LogP contribution in [0.4, 0.5) is 9.18 Å². The van der Waals surface area contributed by atoms with Crippen LogP contribution in [0.15, 0.2) is 24.3 Å². The molecule has 0 unspecified atom stereocenters. The van der Waals surface area contributed by atoms with Crippen molar-refractivity contribution in [2.24, 2.45) is 5.41 Å².